The summed E-state index contributed by atoms with van der Waals surface area (Å²) in [7, 11) is 1.77. The second kappa shape index (κ2) is 6.74. The molecule has 24 heavy (non-hydrogen) atoms. The molecule has 2 aromatic rings. The van der Waals surface area contributed by atoms with E-state index in [-0.39, 0.29) is 11.9 Å². The van der Waals surface area contributed by atoms with Crippen molar-refractivity contribution in [3.63, 3.8) is 0 Å². The minimum Gasteiger partial charge on any atom is -0.352 e. The van der Waals surface area contributed by atoms with Crippen LogP contribution < -0.4 is 16.0 Å². The number of aromatic nitrogens is 2. The molecule has 7 heteroatoms. The van der Waals surface area contributed by atoms with Gasteiger partial charge >= 0.3 is 6.03 Å². The molecule has 7 nitrogen and oxygen atoms in total. The van der Waals surface area contributed by atoms with E-state index < -0.39 is 0 Å². The number of rotatable bonds is 5. The fourth-order valence-corrected chi connectivity index (χ4v) is 2.33. The van der Waals surface area contributed by atoms with Crippen LogP contribution in [0.1, 0.15) is 28.8 Å². The molecule has 126 valence electrons. The highest BCUT2D eigenvalue weighted by molar-refractivity contribution is 6.01. The van der Waals surface area contributed by atoms with Crippen LogP contribution in [0.4, 0.5) is 16.2 Å². The normalized spacial score (nSPS) is 13.4. The smallest absolute Gasteiger partial charge is 0.323 e. The maximum absolute atomic E-state index is 12.2. The van der Waals surface area contributed by atoms with Gasteiger partial charge in [-0.1, -0.05) is 6.07 Å². The number of amides is 3. The molecule has 0 bridgehead atoms. The van der Waals surface area contributed by atoms with Crippen molar-refractivity contribution in [3.8, 4) is 0 Å². The van der Waals surface area contributed by atoms with Gasteiger partial charge in [0.25, 0.3) is 5.91 Å². The van der Waals surface area contributed by atoms with Gasteiger partial charge in [-0.3, -0.25) is 9.48 Å². The number of urea groups is 1. The fraction of sp³-hybridized carbons (Fsp3) is 0.353. The number of aryl methyl sites for hydroxylation is 2. The summed E-state index contributed by atoms with van der Waals surface area (Å²) in [6.45, 7) is 2.60. The highest BCUT2D eigenvalue weighted by Crippen LogP contribution is 2.27. The summed E-state index contributed by atoms with van der Waals surface area (Å²) in [5, 5.41) is 12.4. The minimum atomic E-state index is -0.373. The summed E-state index contributed by atoms with van der Waals surface area (Å²) in [5.41, 5.74) is 2.63. The summed E-state index contributed by atoms with van der Waals surface area (Å²) in [5.74, 6) is 0.514. The van der Waals surface area contributed by atoms with E-state index in [1.54, 1.807) is 36.3 Å². The second-order valence-electron chi connectivity index (χ2n) is 6.16. The molecule has 1 aromatic carbocycles. The van der Waals surface area contributed by atoms with Crippen molar-refractivity contribution in [1.82, 2.24) is 15.1 Å². The van der Waals surface area contributed by atoms with Crippen molar-refractivity contribution in [1.29, 1.82) is 0 Å². The van der Waals surface area contributed by atoms with E-state index in [1.807, 2.05) is 13.0 Å². The van der Waals surface area contributed by atoms with Crippen LogP contribution in [0.25, 0.3) is 0 Å². The highest BCUT2D eigenvalue weighted by atomic mass is 16.2. The zero-order valence-corrected chi connectivity index (χ0v) is 13.8. The Hall–Kier alpha value is -2.83. The predicted octanol–water partition coefficient (Wildman–Crippen LogP) is 2.51. The Morgan fingerprint density at radius 2 is 2.08 bits per heavy atom. The molecule has 0 aliphatic heterocycles. The average molecular weight is 327 g/mol. The van der Waals surface area contributed by atoms with Crippen LogP contribution in [0.3, 0.4) is 0 Å². The van der Waals surface area contributed by atoms with Gasteiger partial charge in [0.1, 0.15) is 0 Å². The van der Waals surface area contributed by atoms with Crippen molar-refractivity contribution >= 4 is 23.3 Å². The van der Waals surface area contributed by atoms with Crippen molar-refractivity contribution < 1.29 is 9.59 Å². The molecular weight excluding hydrogens is 306 g/mol. The molecule has 3 amide bonds. The number of nitrogens with zero attached hydrogens (tertiary/aromatic N) is 2. The van der Waals surface area contributed by atoms with Crippen LogP contribution in [0.2, 0.25) is 0 Å². The van der Waals surface area contributed by atoms with Crippen LogP contribution in [0.15, 0.2) is 30.6 Å². The van der Waals surface area contributed by atoms with Gasteiger partial charge in [0.2, 0.25) is 0 Å². The molecule has 3 rings (SSSR count). The molecule has 1 saturated carbocycles. The quantitative estimate of drug-likeness (QED) is 0.788. The first kappa shape index (κ1) is 16.0. The maximum atomic E-state index is 12.2. The second-order valence-corrected chi connectivity index (χ2v) is 6.16. The lowest BCUT2D eigenvalue weighted by Gasteiger charge is -2.11. The van der Waals surface area contributed by atoms with Gasteiger partial charge < -0.3 is 16.0 Å². The predicted molar refractivity (Wildman–Crippen MR) is 92.1 cm³/mol. The first-order chi connectivity index (χ1) is 11.5. The molecule has 0 atom stereocenters. The topological polar surface area (TPSA) is 88.1 Å². The number of hydrogen-bond donors (Lipinski definition) is 3. The Bertz CT molecular complexity index is 764. The largest absolute Gasteiger partial charge is 0.352 e. The van der Waals surface area contributed by atoms with Gasteiger partial charge in [-0.25, -0.2) is 4.79 Å². The number of benzene rings is 1. The molecule has 1 aliphatic rings. The zero-order chi connectivity index (χ0) is 17.1. The summed E-state index contributed by atoms with van der Waals surface area (Å²) in [6.07, 6.45) is 5.65. The molecule has 0 saturated heterocycles. The van der Waals surface area contributed by atoms with Crippen molar-refractivity contribution in [2.24, 2.45) is 13.0 Å². The lowest BCUT2D eigenvalue weighted by molar-refractivity contribution is 0.0952. The van der Waals surface area contributed by atoms with Crippen molar-refractivity contribution in [3.05, 3.63) is 41.7 Å². The van der Waals surface area contributed by atoms with Gasteiger partial charge in [0.15, 0.2) is 0 Å². The lowest BCUT2D eigenvalue weighted by atomic mass is 10.1. The summed E-state index contributed by atoms with van der Waals surface area (Å²) in [4.78, 5) is 24.3. The van der Waals surface area contributed by atoms with Crippen LogP contribution >= 0.6 is 0 Å². The van der Waals surface area contributed by atoms with Crippen LogP contribution in [0, 0.1) is 12.8 Å². The maximum Gasteiger partial charge on any atom is 0.323 e. The van der Waals surface area contributed by atoms with E-state index in [9.17, 15) is 9.59 Å². The number of carbonyl (C=O) groups is 2. The van der Waals surface area contributed by atoms with Crippen LogP contribution in [0.5, 0.6) is 0 Å². The van der Waals surface area contributed by atoms with E-state index in [0.717, 1.165) is 12.1 Å². The molecule has 0 radical (unpaired) electrons. The number of nitrogens with one attached hydrogen (secondary N) is 3. The molecular formula is C17H21N5O2. The van der Waals surface area contributed by atoms with Gasteiger partial charge in [0, 0.05) is 31.0 Å². The van der Waals surface area contributed by atoms with Crippen LogP contribution in [-0.2, 0) is 7.05 Å². The Morgan fingerprint density at radius 3 is 2.75 bits per heavy atom. The number of anilines is 2. The number of hydrogen-bond acceptors (Lipinski definition) is 3. The van der Waals surface area contributed by atoms with E-state index in [1.165, 1.54) is 12.8 Å². The molecule has 3 N–H and O–H groups in total. The molecule has 0 unspecified atom stereocenters. The average Bonchev–Trinajstić information content (AvgIpc) is 3.29. The SMILES string of the molecule is Cc1ccc(C(=O)NCC2CC2)cc1NC(=O)Nc1cnn(C)c1. The third-order valence-corrected chi connectivity index (χ3v) is 3.96. The molecule has 1 aromatic heterocycles. The minimum absolute atomic E-state index is 0.113. The van der Waals surface area contributed by atoms with E-state index >= 15 is 0 Å². The molecule has 1 heterocycles. The van der Waals surface area contributed by atoms with E-state index in [4.69, 9.17) is 0 Å². The van der Waals surface area contributed by atoms with Crippen molar-refractivity contribution in [2.75, 3.05) is 17.2 Å². The lowest BCUT2D eigenvalue weighted by Crippen LogP contribution is -2.26. The first-order valence-electron chi connectivity index (χ1n) is 7.97. The standard InChI is InChI=1S/C17H21N5O2/c1-11-3-6-13(16(23)18-8-12-4-5-12)7-15(11)21-17(24)20-14-9-19-22(2)10-14/h3,6-7,9-10,12H,4-5,8H2,1-2H3,(H,18,23)(H2,20,21,24). The molecule has 1 aliphatic carbocycles. The third kappa shape index (κ3) is 4.13. The van der Waals surface area contributed by atoms with Gasteiger partial charge in [-0.2, -0.15) is 5.10 Å². The first-order valence-corrected chi connectivity index (χ1v) is 7.97. The van der Waals surface area contributed by atoms with Gasteiger partial charge in [-0.05, 0) is 43.4 Å². The summed E-state index contributed by atoms with van der Waals surface area (Å²) in [6, 6.07) is 4.91. The third-order valence-electron chi connectivity index (χ3n) is 3.96. The van der Waals surface area contributed by atoms with Crippen molar-refractivity contribution in [2.45, 2.75) is 19.8 Å². The fourth-order valence-electron chi connectivity index (χ4n) is 2.33. The van der Waals surface area contributed by atoms with Crippen LogP contribution in [-0.4, -0.2) is 28.3 Å². The number of carbonyl (C=O) groups excluding carboxylic acids is 2. The Kier molecular flexibility index (Phi) is 4.50. The van der Waals surface area contributed by atoms with Gasteiger partial charge in [-0.15, -0.1) is 0 Å². The monoisotopic (exact) mass is 327 g/mol. The Labute approximate surface area is 140 Å². The van der Waals surface area contributed by atoms with Gasteiger partial charge in [0.05, 0.1) is 11.9 Å². The van der Waals surface area contributed by atoms with E-state index in [2.05, 4.69) is 21.0 Å². The van der Waals surface area contributed by atoms with E-state index in [0.29, 0.717) is 22.9 Å². The highest BCUT2D eigenvalue weighted by Gasteiger charge is 2.22. The summed E-state index contributed by atoms with van der Waals surface area (Å²) >= 11 is 0. The summed E-state index contributed by atoms with van der Waals surface area (Å²) < 4.78 is 1.60. The Morgan fingerprint density at radius 1 is 1.29 bits per heavy atom. The molecule has 0 spiro atoms. The molecule has 1 fully saturated rings. The zero-order valence-electron chi connectivity index (χ0n) is 13.8. The Balaban J connectivity index is 1.64.